The third-order valence-electron chi connectivity index (χ3n) is 5.06. The predicted octanol–water partition coefficient (Wildman–Crippen LogP) is 1.99. The highest BCUT2D eigenvalue weighted by Gasteiger charge is 2.24. The van der Waals surface area contributed by atoms with E-state index in [1.165, 1.54) is 0 Å². The highest BCUT2D eigenvalue weighted by Crippen LogP contribution is 2.24. The first-order chi connectivity index (χ1) is 13.8. The average molecular weight is 396 g/mol. The zero-order chi connectivity index (χ0) is 20.6. The minimum atomic E-state index is -0.115. The summed E-state index contributed by atoms with van der Waals surface area (Å²) in [4.78, 5) is 14.1. The molecule has 1 fully saturated rings. The second kappa shape index (κ2) is 7.55. The van der Waals surface area contributed by atoms with Gasteiger partial charge in [-0.3, -0.25) is 0 Å². The molecule has 9 heteroatoms. The molecule has 3 aromatic rings. The van der Waals surface area contributed by atoms with Crippen molar-refractivity contribution in [1.82, 2.24) is 29.8 Å². The van der Waals surface area contributed by atoms with Gasteiger partial charge in [0.05, 0.1) is 12.3 Å². The van der Waals surface area contributed by atoms with Crippen molar-refractivity contribution in [3.8, 4) is 0 Å². The van der Waals surface area contributed by atoms with E-state index in [0.717, 1.165) is 60.8 Å². The molecule has 154 valence electrons. The van der Waals surface area contributed by atoms with Crippen LogP contribution in [0.15, 0.2) is 18.2 Å². The summed E-state index contributed by atoms with van der Waals surface area (Å²) in [5.74, 6) is 3.55. The number of fused-ring (bicyclic) bond motifs is 1. The zero-order valence-electron chi connectivity index (χ0n) is 17.8. The Kier molecular flexibility index (Phi) is 5.08. The maximum atomic E-state index is 5.31. The number of anilines is 2. The quantitative estimate of drug-likeness (QED) is 0.662. The van der Waals surface area contributed by atoms with Crippen LogP contribution in [0.4, 0.5) is 11.6 Å². The zero-order valence-corrected chi connectivity index (χ0v) is 17.8. The SMILES string of the molecule is COCc1cc(N2CCN(c3ccc4nnc(C)n4n3)CC2)nc(C(C)(C)C)n1. The topological polar surface area (TPSA) is 84.6 Å². The number of piperazine rings is 1. The maximum Gasteiger partial charge on any atom is 0.178 e. The Balaban J connectivity index is 1.52. The molecule has 0 N–H and O–H groups in total. The monoisotopic (exact) mass is 396 g/mol. The Hall–Kier alpha value is -2.81. The first kappa shape index (κ1) is 19.5. The summed E-state index contributed by atoms with van der Waals surface area (Å²) in [5.41, 5.74) is 1.57. The third kappa shape index (κ3) is 4.00. The molecular weight excluding hydrogens is 368 g/mol. The van der Waals surface area contributed by atoms with E-state index in [2.05, 4.69) is 45.8 Å². The van der Waals surface area contributed by atoms with Gasteiger partial charge in [-0.1, -0.05) is 20.8 Å². The Labute approximate surface area is 170 Å². The van der Waals surface area contributed by atoms with Crippen molar-refractivity contribution in [2.75, 3.05) is 43.1 Å². The Morgan fingerprint density at radius 2 is 1.66 bits per heavy atom. The highest BCUT2D eigenvalue weighted by atomic mass is 16.5. The van der Waals surface area contributed by atoms with E-state index in [0.29, 0.717) is 6.61 Å². The lowest BCUT2D eigenvalue weighted by Gasteiger charge is -2.36. The van der Waals surface area contributed by atoms with Gasteiger partial charge in [0.1, 0.15) is 17.5 Å². The van der Waals surface area contributed by atoms with Crippen LogP contribution in [0, 0.1) is 6.92 Å². The average Bonchev–Trinajstić information content (AvgIpc) is 3.08. The molecule has 0 atom stereocenters. The number of hydrogen-bond donors (Lipinski definition) is 0. The van der Waals surface area contributed by atoms with Gasteiger partial charge in [0.25, 0.3) is 0 Å². The molecule has 0 unspecified atom stereocenters. The van der Waals surface area contributed by atoms with Crippen molar-refractivity contribution in [2.24, 2.45) is 0 Å². The molecule has 4 heterocycles. The molecule has 1 saturated heterocycles. The molecule has 0 saturated carbocycles. The molecule has 0 bridgehead atoms. The molecule has 3 aromatic heterocycles. The van der Waals surface area contributed by atoms with Crippen LogP contribution < -0.4 is 9.80 Å². The van der Waals surface area contributed by atoms with Gasteiger partial charge in [-0.15, -0.1) is 15.3 Å². The molecule has 0 radical (unpaired) electrons. The number of aryl methyl sites for hydroxylation is 1. The molecule has 4 rings (SSSR count). The number of hydrogen-bond acceptors (Lipinski definition) is 8. The number of methoxy groups -OCH3 is 1. The van der Waals surface area contributed by atoms with E-state index in [4.69, 9.17) is 14.8 Å². The lowest BCUT2D eigenvalue weighted by atomic mass is 9.95. The Morgan fingerprint density at radius 1 is 0.966 bits per heavy atom. The standard InChI is InChI=1S/C20H28N8O/c1-14-23-24-16-6-7-17(25-28(14)16)26-8-10-27(11-9-26)18-12-15(13-29-5)21-19(22-18)20(2,3)4/h6-7,12H,8-11,13H2,1-5H3. The van der Waals surface area contributed by atoms with E-state index in [1.54, 1.807) is 11.6 Å². The lowest BCUT2D eigenvalue weighted by Crippen LogP contribution is -2.47. The van der Waals surface area contributed by atoms with Gasteiger partial charge in [-0.05, 0) is 19.1 Å². The van der Waals surface area contributed by atoms with Crippen molar-refractivity contribution in [2.45, 2.75) is 39.7 Å². The third-order valence-corrected chi connectivity index (χ3v) is 5.06. The molecule has 1 aliphatic rings. The van der Waals surface area contributed by atoms with Crippen LogP contribution >= 0.6 is 0 Å². The van der Waals surface area contributed by atoms with Crippen molar-refractivity contribution >= 4 is 17.3 Å². The van der Waals surface area contributed by atoms with Crippen LogP contribution in [0.25, 0.3) is 5.65 Å². The number of rotatable bonds is 4. The van der Waals surface area contributed by atoms with E-state index < -0.39 is 0 Å². The minimum Gasteiger partial charge on any atom is -0.378 e. The number of aromatic nitrogens is 6. The van der Waals surface area contributed by atoms with Crippen molar-refractivity contribution in [3.05, 3.63) is 35.5 Å². The lowest BCUT2D eigenvalue weighted by molar-refractivity contribution is 0.181. The summed E-state index contributed by atoms with van der Waals surface area (Å²) >= 11 is 0. The van der Waals surface area contributed by atoms with Crippen LogP contribution in [0.5, 0.6) is 0 Å². The van der Waals surface area contributed by atoms with E-state index in [9.17, 15) is 0 Å². The van der Waals surface area contributed by atoms with Gasteiger partial charge in [0, 0.05) is 44.8 Å². The largest absolute Gasteiger partial charge is 0.378 e. The van der Waals surface area contributed by atoms with Crippen molar-refractivity contribution < 1.29 is 4.74 Å². The van der Waals surface area contributed by atoms with Gasteiger partial charge in [-0.25, -0.2) is 9.97 Å². The van der Waals surface area contributed by atoms with Gasteiger partial charge < -0.3 is 14.5 Å². The van der Waals surface area contributed by atoms with Crippen molar-refractivity contribution in [3.63, 3.8) is 0 Å². The number of nitrogens with zero attached hydrogens (tertiary/aromatic N) is 8. The normalized spacial score (nSPS) is 15.3. The molecule has 29 heavy (non-hydrogen) atoms. The second-order valence-corrected chi connectivity index (χ2v) is 8.41. The second-order valence-electron chi connectivity index (χ2n) is 8.41. The van der Waals surface area contributed by atoms with E-state index in [-0.39, 0.29) is 5.41 Å². The summed E-state index contributed by atoms with van der Waals surface area (Å²) < 4.78 is 7.10. The summed E-state index contributed by atoms with van der Waals surface area (Å²) in [5, 5.41) is 12.9. The van der Waals surface area contributed by atoms with Gasteiger partial charge in [-0.2, -0.15) is 4.52 Å². The van der Waals surface area contributed by atoms with Crippen LogP contribution in [0.3, 0.4) is 0 Å². The Bertz CT molecular complexity index is 1000. The van der Waals surface area contributed by atoms with Crippen LogP contribution in [-0.4, -0.2) is 63.1 Å². The van der Waals surface area contributed by atoms with Gasteiger partial charge in [0.15, 0.2) is 11.5 Å². The molecule has 0 amide bonds. The molecule has 0 spiro atoms. The molecular formula is C20H28N8O. The fourth-order valence-corrected chi connectivity index (χ4v) is 3.42. The molecule has 0 aliphatic carbocycles. The maximum absolute atomic E-state index is 5.31. The smallest absolute Gasteiger partial charge is 0.178 e. The highest BCUT2D eigenvalue weighted by molar-refractivity contribution is 5.48. The fraction of sp³-hybridized carbons (Fsp3) is 0.550. The summed E-state index contributed by atoms with van der Waals surface area (Å²) in [6.07, 6.45) is 0. The van der Waals surface area contributed by atoms with E-state index >= 15 is 0 Å². The predicted molar refractivity (Wildman–Crippen MR) is 111 cm³/mol. The fourth-order valence-electron chi connectivity index (χ4n) is 3.42. The minimum absolute atomic E-state index is 0.115. The van der Waals surface area contributed by atoms with Crippen LogP contribution in [0.1, 0.15) is 38.1 Å². The Morgan fingerprint density at radius 3 is 2.31 bits per heavy atom. The summed E-state index contributed by atoms with van der Waals surface area (Å²) in [6.45, 7) is 12.3. The van der Waals surface area contributed by atoms with Crippen LogP contribution in [0.2, 0.25) is 0 Å². The first-order valence-electron chi connectivity index (χ1n) is 9.91. The number of ether oxygens (including phenoxy) is 1. The summed E-state index contributed by atoms with van der Waals surface area (Å²) in [7, 11) is 1.69. The summed E-state index contributed by atoms with van der Waals surface area (Å²) in [6, 6.07) is 6.02. The van der Waals surface area contributed by atoms with Gasteiger partial charge in [0.2, 0.25) is 0 Å². The van der Waals surface area contributed by atoms with Gasteiger partial charge >= 0.3 is 0 Å². The van der Waals surface area contributed by atoms with E-state index in [1.807, 2.05) is 25.1 Å². The molecule has 9 nitrogen and oxygen atoms in total. The van der Waals surface area contributed by atoms with Crippen molar-refractivity contribution in [1.29, 1.82) is 0 Å². The first-order valence-corrected chi connectivity index (χ1v) is 9.91. The molecule has 0 aromatic carbocycles. The molecule has 1 aliphatic heterocycles. The van der Waals surface area contributed by atoms with Crippen LogP contribution in [-0.2, 0) is 16.8 Å².